The van der Waals surface area contributed by atoms with Crippen molar-refractivity contribution in [1.29, 1.82) is 0 Å². The summed E-state index contributed by atoms with van der Waals surface area (Å²) in [5.74, 6) is -1.05. The van der Waals surface area contributed by atoms with Crippen LogP contribution in [0.5, 0.6) is 0 Å². The molecule has 5 nitrogen and oxygen atoms in total. The van der Waals surface area contributed by atoms with Crippen LogP contribution in [0.3, 0.4) is 0 Å². The number of carbonyl (C=O) groups excluding carboxylic acids is 2. The van der Waals surface area contributed by atoms with Gasteiger partial charge >= 0.3 is 5.97 Å². The summed E-state index contributed by atoms with van der Waals surface area (Å²) in [4.78, 5) is 25.1. The highest BCUT2D eigenvalue weighted by Gasteiger charge is 2.15. The van der Waals surface area contributed by atoms with Crippen molar-refractivity contribution >= 4 is 23.5 Å². The number of rotatable bonds is 4. The van der Waals surface area contributed by atoms with Crippen molar-refractivity contribution in [2.75, 3.05) is 21.2 Å². The van der Waals surface area contributed by atoms with Gasteiger partial charge in [0.1, 0.15) is 5.70 Å². The van der Waals surface area contributed by atoms with Gasteiger partial charge in [0.15, 0.2) is 0 Å². The van der Waals surface area contributed by atoms with Crippen molar-refractivity contribution in [1.82, 2.24) is 10.2 Å². The van der Waals surface area contributed by atoms with E-state index in [4.69, 9.17) is 11.6 Å². The first-order valence-corrected chi connectivity index (χ1v) is 5.85. The van der Waals surface area contributed by atoms with Gasteiger partial charge in [-0.2, -0.15) is 0 Å². The van der Waals surface area contributed by atoms with Crippen LogP contribution in [0, 0.1) is 0 Å². The summed E-state index contributed by atoms with van der Waals surface area (Å²) < 4.78 is 4.60. The van der Waals surface area contributed by atoms with Crippen molar-refractivity contribution in [2.45, 2.75) is 0 Å². The summed E-state index contributed by atoms with van der Waals surface area (Å²) in [6, 6.07) is 6.44. The van der Waals surface area contributed by atoms with E-state index in [-0.39, 0.29) is 5.70 Å². The van der Waals surface area contributed by atoms with Gasteiger partial charge in [-0.05, 0) is 18.2 Å². The number of nitrogens with zero attached hydrogens (tertiary/aromatic N) is 1. The molecule has 0 unspecified atom stereocenters. The molecule has 0 atom stereocenters. The molecule has 0 bridgehead atoms. The Bertz CT molecular complexity index is 512. The standard InChI is InChI=1S/C13H15ClN2O3/c1-16(2)8-11(13(18)19-3)15-12(17)9-5-4-6-10(14)7-9/h4-8H,1-3H3,(H,15,17). The first kappa shape index (κ1) is 15.0. The monoisotopic (exact) mass is 282 g/mol. The molecule has 0 aliphatic heterocycles. The molecule has 6 heteroatoms. The van der Waals surface area contributed by atoms with Crippen LogP contribution in [0.4, 0.5) is 0 Å². The van der Waals surface area contributed by atoms with E-state index in [1.807, 2.05) is 0 Å². The smallest absolute Gasteiger partial charge is 0.356 e. The normalized spacial score (nSPS) is 10.8. The lowest BCUT2D eigenvalue weighted by Gasteiger charge is -2.11. The molecular weight excluding hydrogens is 268 g/mol. The van der Waals surface area contributed by atoms with E-state index in [1.165, 1.54) is 19.4 Å². The molecule has 0 radical (unpaired) electrons. The molecule has 19 heavy (non-hydrogen) atoms. The first-order valence-electron chi connectivity index (χ1n) is 5.47. The number of methoxy groups -OCH3 is 1. The van der Waals surface area contributed by atoms with E-state index in [1.54, 1.807) is 37.2 Å². The Labute approximate surface area is 116 Å². The molecule has 0 aliphatic carbocycles. The van der Waals surface area contributed by atoms with Gasteiger partial charge in [-0.15, -0.1) is 0 Å². The summed E-state index contributed by atoms with van der Waals surface area (Å²) in [6.07, 6.45) is 1.47. The van der Waals surface area contributed by atoms with Crippen LogP contribution in [0.2, 0.25) is 5.02 Å². The molecule has 0 aromatic heterocycles. The fourth-order valence-corrected chi connectivity index (χ4v) is 1.52. The molecule has 0 heterocycles. The van der Waals surface area contributed by atoms with E-state index in [0.717, 1.165) is 0 Å². The summed E-state index contributed by atoms with van der Waals surface area (Å²) in [5.41, 5.74) is 0.415. The summed E-state index contributed by atoms with van der Waals surface area (Å²) in [7, 11) is 4.71. The maximum atomic E-state index is 12.0. The Hall–Kier alpha value is -2.01. The SMILES string of the molecule is COC(=O)C(=CN(C)C)NC(=O)c1cccc(Cl)c1. The fraction of sp³-hybridized carbons (Fsp3) is 0.231. The van der Waals surface area contributed by atoms with Crippen molar-refractivity contribution in [3.8, 4) is 0 Å². The van der Waals surface area contributed by atoms with E-state index >= 15 is 0 Å². The van der Waals surface area contributed by atoms with E-state index in [0.29, 0.717) is 10.6 Å². The van der Waals surface area contributed by atoms with Gasteiger partial charge in [0, 0.05) is 30.9 Å². The van der Waals surface area contributed by atoms with Crippen LogP contribution in [0.1, 0.15) is 10.4 Å². The van der Waals surface area contributed by atoms with Gasteiger partial charge in [-0.25, -0.2) is 4.79 Å². The van der Waals surface area contributed by atoms with Gasteiger partial charge in [0.05, 0.1) is 7.11 Å². The summed E-state index contributed by atoms with van der Waals surface area (Å²) >= 11 is 5.81. The molecule has 0 saturated carbocycles. The summed E-state index contributed by atoms with van der Waals surface area (Å²) in [6.45, 7) is 0. The molecule has 1 amide bonds. The highest BCUT2D eigenvalue weighted by atomic mass is 35.5. The number of halogens is 1. The molecule has 1 aromatic carbocycles. The minimum Gasteiger partial charge on any atom is -0.464 e. The number of carbonyl (C=O) groups is 2. The average Bonchev–Trinajstić information content (AvgIpc) is 2.36. The van der Waals surface area contributed by atoms with Gasteiger partial charge in [-0.3, -0.25) is 4.79 Å². The molecule has 1 N–H and O–H groups in total. The van der Waals surface area contributed by atoms with Crippen LogP contribution >= 0.6 is 11.6 Å². The van der Waals surface area contributed by atoms with E-state index in [9.17, 15) is 9.59 Å². The lowest BCUT2D eigenvalue weighted by atomic mass is 10.2. The third kappa shape index (κ3) is 4.63. The lowest BCUT2D eigenvalue weighted by Crippen LogP contribution is -2.29. The third-order valence-electron chi connectivity index (χ3n) is 2.13. The second-order valence-electron chi connectivity index (χ2n) is 3.96. The Kier molecular flexibility index (Phi) is 5.38. The minimum absolute atomic E-state index is 0.0532. The van der Waals surface area contributed by atoms with Gasteiger partial charge in [0.2, 0.25) is 0 Å². The molecule has 1 rings (SSSR count). The quantitative estimate of drug-likeness (QED) is 0.674. The number of esters is 1. The van der Waals surface area contributed by atoms with Crippen LogP contribution < -0.4 is 5.32 Å². The Morgan fingerprint density at radius 1 is 1.37 bits per heavy atom. The maximum Gasteiger partial charge on any atom is 0.356 e. The van der Waals surface area contributed by atoms with Gasteiger partial charge < -0.3 is 15.0 Å². The number of amides is 1. The Balaban J connectivity index is 2.91. The topological polar surface area (TPSA) is 58.6 Å². The van der Waals surface area contributed by atoms with Crippen LogP contribution in [-0.4, -0.2) is 38.0 Å². The second-order valence-corrected chi connectivity index (χ2v) is 4.40. The van der Waals surface area contributed by atoms with Gasteiger partial charge in [-0.1, -0.05) is 17.7 Å². The third-order valence-corrected chi connectivity index (χ3v) is 2.36. The maximum absolute atomic E-state index is 12.0. The fourth-order valence-electron chi connectivity index (χ4n) is 1.33. The van der Waals surface area contributed by atoms with Crippen molar-refractivity contribution in [2.24, 2.45) is 0 Å². The predicted molar refractivity (Wildman–Crippen MR) is 72.7 cm³/mol. The Morgan fingerprint density at radius 3 is 2.58 bits per heavy atom. The van der Waals surface area contributed by atoms with Crippen LogP contribution in [0.25, 0.3) is 0 Å². The molecule has 0 spiro atoms. The molecule has 0 fully saturated rings. The molecule has 1 aromatic rings. The van der Waals surface area contributed by atoms with Crippen molar-refractivity contribution in [3.63, 3.8) is 0 Å². The highest BCUT2D eigenvalue weighted by Crippen LogP contribution is 2.11. The largest absolute Gasteiger partial charge is 0.464 e. The number of nitrogens with one attached hydrogen (secondary N) is 1. The molecule has 0 aliphatic rings. The molecular formula is C13H15ClN2O3. The predicted octanol–water partition coefficient (Wildman–Crippen LogP) is 1.65. The number of benzene rings is 1. The average molecular weight is 283 g/mol. The zero-order valence-electron chi connectivity index (χ0n) is 10.9. The zero-order chi connectivity index (χ0) is 14.4. The highest BCUT2D eigenvalue weighted by molar-refractivity contribution is 6.31. The number of ether oxygens (including phenoxy) is 1. The van der Waals surface area contributed by atoms with Crippen molar-refractivity contribution in [3.05, 3.63) is 46.7 Å². The van der Waals surface area contributed by atoms with E-state index in [2.05, 4.69) is 10.1 Å². The molecule has 0 saturated heterocycles. The Morgan fingerprint density at radius 2 is 2.05 bits per heavy atom. The lowest BCUT2D eigenvalue weighted by molar-refractivity contribution is -0.136. The summed E-state index contributed by atoms with van der Waals surface area (Å²) in [5, 5.41) is 2.94. The van der Waals surface area contributed by atoms with Crippen LogP contribution in [0.15, 0.2) is 36.2 Å². The van der Waals surface area contributed by atoms with Crippen LogP contribution in [-0.2, 0) is 9.53 Å². The first-order chi connectivity index (χ1) is 8.93. The number of hydrogen-bond donors (Lipinski definition) is 1. The minimum atomic E-state index is -0.621. The number of hydrogen-bond acceptors (Lipinski definition) is 4. The molecule has 102 valence electrons. The van der Waals surface area contributed by atoms with E-state index < -0.39 is 11.9 Å². The second kappa shape index (κ2) is 6.80. The van der Waals surface area contributed by atoms with Gasteiger partial charge in [0.25, 0.3) is 5.91 Å². The van der Waals surface area contributed by atoms with Crippen molar-refractivity contribution < 1.29 is 14.3 Å². The zero-order valence-corrected chi connectivity index (χ0v) is 11.7.